The minimum atomic E-state index is -1.07. The lowest BCUT2D eigenvalue weighted by molar-refractivity contribution is -0.132. The molecule has 4 aromatic rings. The van der Waals surface area contributed by atoms with Crippen molar-refractivity contribution in [3.63, 3.8) is 0 Å². The van der Waals surface area contributed by atoms with Crippen LogP contribution in [0.1, 0.15) is 45.3 Å². The molecule has 1 saturated heterocycles. The highest BCUT2D eigenvalue weighted by molar-refractivity contribution is 7.17. The Hall–Kier alpha value is -4.51. The van der Waals surface area contributed by atoms with Crippen LogP contribution in [0.25, 0.3) is 11.4 Å². The van der Waals surface area contributed by atoms with Crippen LogP contribution in [0.15, 0.2) is 54.2 Å². The molecular formula is C26H22N4O6S. The Morgan fingerprint density at radius 1 is 1.08 bits per heavy atom. The molecule has 11 heteroatoms. The number of fused-ring (bicyclic) bond motifs is 1. The van der Waals surface area contributed by atoms with Gasteiger partial charge in [0.2, 0.25) is 0 Å². The number of aromatic nitrogens is 3. The molecule has 1 unspecified atom stereocenters. The highest BCUT2D eigenvalue weighted by Gasteiger charge is 2.49. The minimum Gasteiger partial charge on any atom is -0.508 e. The van der Waals surface area contributed by atoms with Gasteiger partial charge in [0.1, 0.15) is 22.0 Å². The Balaban J connectivity index is 1.74. The summed E-state index contributed by atoms with van der Waals surface area (Å²) in [5.74, 6) is -2.80. The molecule has 1 atom stereocenters. The Bertz CT molecular complexity index is 1600. The van der Waals surface area contributed by atoms with Crippen molar-refractivity contribution in [2.45, 2.75) is 26.8 Å². The number of phenols is 1. The van der Waals surface area contributed by atoms with Crippen molar-refractivity contribution in [3.8, 4) is 5.75 Å². The van der Waals surface area contributed by atoms with Gasteiger partial charge in [-0.25, -0.2) is 14.8 Å². The largest absolute Gasteiger partial charge is 0.508 e. The van der Waals surface area contributed by atoms with E-state index in [0.717, 1.165) is 11.3 Å². The van der Waals surface area contributed by atoms with E-state index < -0.39 is 29.5 Å². The van der Waals surface area contributed by atoms with E-state index in [-0.39, 0.29) is 33.6 Å². The lowest BCUT2D eigenvalue weighted by Crippen LogP contribution is -2.29. The fourth-order valence-electron chi connectivity index (χ4n) is 4.40. The number of aliphatic hydroxyl groups excluding tert-OH is 1. The first-order chi connectivity index (χ1) is 17.7. The van der Waals surface area contributed by atoms with Crippen LogP contribution >= 0.6 is 11.3 Å². The Morgan fingerprint density at radius 3 is 2.51 bits per heavy atom. The van der Waals surface area contributed by atoms with E-state index >= 15 is 0 Å². The average Bonchev–Trinajstić information content (AvgIpc) is 3.50. The zero-order chi connectivity index (χ0) is 26.4. The third kappa shape index (κ3) is 3.93. The number of thiazole rings is 1. The van der Waals surface area contributed by atoms with Gasteiger partial charge in [0, 0.05) is 6.20 Å². The van der Waals surface area contributed by atoms with Crippen LogP contribution < -0.4 is 4.90 Å². The van der Waals surface area contributed by atoms with Crippen molar-refractivity contribution in [2.75, 3.05) is 11.5 Å². The number of pyridine rings is 1. The Morgan fingerprint density at radius 2 is 1.81 bits per heavy atom. The predicted octanol–water partition coefficient (Wildman–Crippen LogP) is 3.92. The van der Waals surface area contributed by atoms with Gasteiger partial charge < -0.3 is 14.9 Å². The van der Waals surface area contributed by atoms with Crippen LogP contribution in [0.3, 0.4) is 0 Å². The molecule has 1 aliphatic rings. The zero-order valence-electron chi connectivity index (χ0n) is 20.1. The molecule has 4 heterocycles. The molecule has 37 heavy (non-hydrogen) atoms. The number of aliphatic hydroxyl groups is 1. The molecule has 1 aliphatic heterocycles. The highest BCUT2D eigenvalue weighted by atomic mass is 32.1. The number of rotatable bonds is 5. The number of phenolic OH excluding ortho intramolecular Hbond substituents is 1. The summed E-state index contributed by atoms with van der Waals surface area (Å²) in [6.45, 7) is 5.16. The summed E-state index contributed by atoms with van der Waals surface area (Å²) in [6, 6.07) is 10.2. The number of aromatic hydroxyl groups is 1. The normalized spacial score (nSPS) is 17.1. The number of Topliss-reactive ketones (excluding diaryl/α,β-unsaturated/α-hetero) is 1. The van der Waals surface area contributed by atoms with E-state index in [1.165, 1.54) is 17.0 Å². The number of aryl methyl sites for hydroxylation is 2. The van der Waals surface area contributed by atoms with Crippen LogP contribution in [-0.2, 0) is 14.3 Å². The number of imidazole rings is 1. The van der Waals surface area contributed by atoms with E-state index in [4.69, 9.17) is 4.74 Å². The lowest BCUT2D eigenvalue weighted by Gasteiger charge is -2.23. The number of benzene rings is 1. The molecule has 5 rings (SSSR count). The van der Waals surface area contributed by atoms with Gasteiger partial charge in [-0.2, -0.15) is 0 Å². The molecule has 0 bridgehead atoms. The first-order valence-electron chi connectivity index (χ1n) is 11.4. The molecule has 0 spiro atoms. The maximum atomic E-state index is 13.4. The summed E-state index contributed by atoms with van der Waals surface area (Å²) in [5.41, 5.74) is 1.95. The second-order valence-corrected chi connectivity index (χ2v) is 9.34. The topological polar surface area (TPSA) is 134 Å². The number of hydrogen-bond acceptors (Lipinski definition) is 9. The number of anilines is 1. The van der Waals surface area contributed by atoms with E-state index in [9.17, 15) is 24.6 Å². The third-order valence-corrected chi connectivity index (χ3v) is 7.17. The number of carbonyl (C=O) groups excluding carboxylic acids is 3. The summed E-state index contributed by atoms with van der Waals surface area (Å²) in [7, 11) is 0. The molecule has 0 aliphatic carbocycles. The maximum absolute atomic E-state index is 13.4. The third-order valence-electron chi connectivity index (χ3n) is 6.03. The lowest BCUT2D eigenvalue weighted by atomic mass is 9.96. The summed E-state index contributed by atoms with van der Waals surface area (Å²) in [4.78, 5) is 49.5. The zero-order valence-corrected chi connectivity index (χ0v) is 20.9. The van der Waals surface area contributed by atoms with E-state index in [0.29, 0.717) is 22.6 Å². The van der Waals surface area contributed by atoms with Gasteiger partial charge in [-0.3, -0.25) is 18.9 Å². The van der Waals surface area contributed by atoms with Crippen LogP contribution in [-0.4, -0.2) is 48.8 Å². The summed E-state index contributed by atoms with van der Waals surface area (Å²) < 4.78 is 6.73. The number of ketones is 1. The smallest absolute Gasteiger partial charge is 0.350 e. The second-order valence-electron chi connectivity index (χ2n) is 8.37. The van der Waals surface area contributed by atoms with Crippen molar-refractivity contribution in [2.24, 2.45) is 0 Å². The second kappa shape index (κ2) is 9.17. The van der Waals surface area contributed by atoms with Crippen LogP contribution in [0.2, 0.25) is 0 Å². The summed E-state index contributed by atoms with van der Waals surface area (Å²) in [6.07, 6.45) is 1.70. The minimum absolute atomic E-state index is 0.00646. The summed E-state index contributed by atoms with van der Waals surface area (Å²) >= 11 is 0.925. The first-order valence-corrected chi connectivity index (χ1v) is 12.2. The van der Waals surface area contributed by atoms with Crippen LogP contribution in [0.4, 0.5) is 5.13 Å². The van der Waals surface area contributed by atoms with Gasteiger partial charge in [-0.05, 0) is 50.6 Å². The molecule has 3 aromatic heterocycles. The van der Waals surface area contributed by atoms with Crippen molar-refractivity contribution in [1.82, 2.24) is 14.4 Å². The number of carbonyl (C=O) groups is 3. The fraction of sp³-hybridized carbons (Fsp3) is 0.192. The van der Waals surface area contributed by atoms with Crippen molar-refractivity contribution in [3.05, 3.63) is 81.8 Å². The van der Waals surface area contributed by atoms with Crippen LogP contribution in [0, 0.1) is 13.8 Å². The first kappa shape index (κ1) is 24.2. The molecule has 188 valence electrons. The van der Waals surface area contributed by atoms with Gasteiger partial charge >= 0.3 is 11.9 Å². The number of ether oxygens (including phenoxy) is 1. The standard InChI is InChI=1S/C26H22N4O6S/c1-4-36-25(35)23-14(3)28-26(37-23)30-20(15-8-10-16(31)11-9-15)18(22(33)24(30)34)21(32)19-13(2)27-17-7-5-6-12-29(17)19/h5-12,20,31-32H,4H2,1-3H3. The van der Waals surface area contributed by atoms with E-state index in [1.54, 1.807) is 61.7 Å². The molecule has 0 radical (unpaired) electrons. The van der Waals surface area contributed by atoms with Crippen LogP contribution in [0.5, 0.6) is 5.75 Å². The number of hydrogen-bond donors (Lipinski definition) is 2. The van der Waals surface area contributed by atoms with Gasteiger partial charge in [-0.15, -0.1) is 0 Å². The number of amides is 1. The van der Waals surface area contributed by atoms with Gasteiger partial charge in [0.25, 0.3) is 5.78 Å². The predicted molar refractivity (Wildman–Crippen MR) is 136 cm³/mol. The molecular weight excluding hydrogens is 496 g/mol. The molecule has 1 fully saturated rings. The highest BCUT2D eigenvalue weighted by Crippen LogP contribution is 2.44. The van der Waals surface area contributed by atoms with Gasteiger partial charge in [0.15, 0.2) is 10.9 Å². The van der Waals surface area contributed by atoms with Crippen molar-refractivity contribution >= 4 is 45.5 Å². The van der Waals surface area contributed by atoms with E-state index in [2.05, 4.69) is 9.97 Å². The molecule has 10 nitrogen and oxygen atoms in total. The molecule has 1 amide bonds. The SMILES string of the molecule is CCOC(=O)c1sc(N2C(=O)C(=O)C(=C(O)c3c(C)nc4ccccn34)C2c2ccc(O)cc2)nc1C. The average molecular weight is 519 g/mol. The maximum Gasteiger partial charge on any atom is 0.350 e. The molecule has 1 aromatic carbocycles. The van der Waals surface area contributed by atoms with Crippen molar-refractivity contribution < 1.29 is 29.3 Å². The molecule has 0 saturated carbocycles. The van der Waals surface area contributed by atoms with Crippen molar-refractivity contribution in [1.29, 1.82) is 0 Å². The molecule has 2 N–H and O–H groups in total. The monoisotopic (exact) mass is 518 g/mol. The quantitative estimate of drug-likeness (QED) is 0.176. The number of nitrogens with zero attached hydrogens (tertiary/aromatic N) is 4. The Kier molecular flexibility index (Phi) is 6.00. The van der Waals surface area contributed by atoms with E-state index in [1.807, 2.05) is 0 Å². The summed E-state index contributed by atoms with van der Waals surface area (Å²) in [5, 5.41) is 21.5. The number of esters is 1. The van der Waals surface area contributed by atoms with Gasteiger partial charge in [0.05, 0.1) is 29.6 Å². The van der Waals surface area contributed by atoms with Gasteiger partial charge in [-0.1, -0.05) is 29.5 Å². The Labute approximate surface area is 215 Å². The fourth-order valence-corrected chi connectivity index (χ4v) is 5.39.